The van der Waals surface area contributed by atoms with Crippen LogP contribution >= 0.6 is 0 Å². The molecule has 0 heterocycles. The first-order valence-electron chi connectivity index (χ1n) is 5.08. The predicted octanol–water partition coefficient (Wildman–Crippen LogP) is -0.502. The van der Waals surface area contributed by atoms with Crippen molar-refractivity contribution in [2.24, 2.45) is 0 Å². The smallest absolute Gasteiger partial charge is 0.236 e. The number of hydrogen-bond donors (Lipinski definition) is 3. The van der Waals surface area contributed by atoms with Gasteiger partial charge >= 0.3 is 0 Å². The van der Waals surface area contributed by atoms with Gasteiger partial charge in [0.2, 0.25) is 5.91 Å². The van der Waals surface area contributed by atoms with Crippen molar-refractivity contribution in [2.45, 2.75) is 32.4 Å². The summed E-state index contributed by atoms with van der Waals surface area (Å²) >= 11 is 0. The van der Waals surface area contributed by atoms with E-state index in [2.05, 4.69) is 10.6 Å². The van der Waals surface area contributed by atoms with Crippen LogP contribution in [0.3, 0.4) is 0 Å². The summed E-state index contributed by atoms with van der Waals surface area (Å²) in [5, 5.41) is 14.8. The van der Waals surface area contributed by atoms with E-state index in [4.69, 9.17) is 9.84 Å². The first-order chi connectivity index (χ1) is 6.93. The Bertz CT molecular complexity index is 195. The lowest BCUT2D eigenvalue weighted by Crippen LogP contribution is -2.53. The Labute approximate surface area is 91.2 Å². The van der Waals surface area contributed by atoms with E-state index in [1.54, 1.807) is 14.0 Å². The molecule has 0 aliphatic rings. The van der Waals surface area contributed by atoms with E-state index in [0.717, 1.165) is 0 Å². The lowest BCUT2D eigenvalue weighted by molar-refractivity contribution is -0.123. The van der Waals surface area contributed by atoms with E-state index in [1.165, 1.54) is 0 Å². The van der Waals surface area contributed by atoms with Crippen molar-refractivity contribution in [1.82, 2.24) is 10.6 Å². The van der Waals surface area contributed by atoms with E-state index >= 15 is 0 Å². The van der Waals surface area contributed by atoms with E-state index in [9.17, 15) is 4.79 Å². The monoisotopic (exact) mass is 218 g/mol. The second kappa shape index (κ2) is 6.76. The molecule has 0 fully saturated rings. The van der Waals surface area contributed by atoms with Crippen molar-refractivity contribution in [2.75, 3.05) is 26.9 Å². The molecule has 0 aromatic heterocycles. The van der Waals surface area contributed by atoms with Crippen LogP contribution in [-0.2, 0) is 9.53 Å². The molecule has 0 aliphatic carbocycles. The van der Waals surface area contributed by atoms with Gasteiger partial charge in [-0.05, 0) is 20.8 Å². The number of methoxy groups -OCH3 is 1. The fraction of sp³-hybridized carbons (Fsp3) is 0.900. The van der Waals surface area contributed by atoms with Crippen LogP contribution in [0.4, 0.5) is 0 Å². The molecule has 3 N–H and O–H groups in total. The predicted molar refractivity (Wildman–Crippen MR) is 58.6 cm³/mol. The Morgan fingerprint density at radius 3 is 2.60 bits per heavy atom. The Hall–Kier alpha value is -0.650. The van der Waals surface area contributed by atoms with E-state index in [-0.39, 0.29) is 18.6 Å². The van der Waals surface area contributed by atoms with Crippen molar-refractivity contribution in [3.8, 4) is 0 Å². The average molecular weight is 218 g/mol. The Morgan fingerprint density at radius 1 is 1.53 bits per heavy atom. The summed E-state index contributed by atoms with van der Waals surface area (Å²) in [4.78, 5) is 11.5. The van der Waals surface area contributed by atoms with Crippen LogP contribution in [0.15, 0.2) is 0 Å². The number of carbonyl (C=O) groups is 1. The summed E-state index contributed by atoms with van der Waals surface area (Å²) in [6, 6.07) is -0.330. The van der Waals surface area contributed by atoms with E-state index in [1.807, 2.05) is 13.8 Å². The minimum Gasteiger partial charge on any atom is -0.394 e. The number of aliphatic hydroxyl groups is 1. The Kier molecular flexibility index (Phi) is 6.47. The molecule has 0 bridgehead atoms. The normalized spacial score (nSPS) is 13.7. The SMILES string of the molecule is COCCNC(=O)C(C)NC(C)(C)CO. The lowest BCUT2D eigenvalue weighted by atomic mass is 10.1. The van der Waals surface area contributed by atoms with E-state index in [0.29, 0.717) is 13.2 Å². The standard InChI is InChI=1S/C10H22N2O3/c1-8(12-10(2,3)7-13)9(14)11-5-6-15-4/h8,12-13H,5-7H2,1-4H3,(H,11,14). The molecule has 1 atom stereocenters. The molecule has 15 heavy (non-hydrogen) atoms. The van der Waals surface area contributed by atoms with Crippen molar-refractivity contribution in [3.63, 3.8) is 0 Å². The van der Waals surface area contributed by atoms with Gasteiger partial charge in [-0.1, -0.05) is 0 Å². The summed E-state index contributed by atoms with van der Waals surface area (Å²) < 4.78 is 4.82. The van der Waals surface area contributed by atoms with Gasteiger partial charge in [0.1, 0.15) is 0 Å². The van der Waals surface area contributed by atoms with Crippen molar-refractivity contribution >= 4 is 5.91 Å². The van der Waals surface area contributed by atoms with Crippen molar-refractivity contribution in [3.05, 3.63) is 0 Å². The number of rotatable bonds is 7. The largest absolute Gasteiger partial charge is 0.394 e. The number of aliphatic hydroxyl groups excluding tert-OH is 1. The maximum Gasteiger partial charge on any atom is 0.236 e. The molecule has 0 saturated heterocycles. The molecule has 1 unspecified atom stereocenters. The second-order valence-corrected chi connectivity index (χ2v) is 4.19. The number of ether oxygens (including phenoxy) is 1. The Morgan fingerprint density at radius 2 is 2.13 bits per heavy atom. The average Bonchev–Trinajstić information content (AvgIpc) is 2.17. The highest BCUT2D eigenvalue weighted by Gasteiger charge is 2.22. The molecule has 1 amide bonds. The fourth-order valence-electron chi connectivity index (χ4n) is 1.13. The van der Waals surface area contributed by atoms with Crippen molar-refractivity contribution in [1.29, 1.82) is 0 Å². The summed E-state index contributed by atoms with van der Waals surface area (Å²) in [5.74, 6) is -0.0893. The van der Waals surface area contributed by atoms with Gasteiger partial charge < -0.3 is 15.2 Å². The quantitative estimate of drug-likeness (QED) is 0.504. The highest BCUT2D eigenvalue weighted by Crippen LogP contribution is 2.01. The van der Waals surface area contributed by atoms with Gasteiger partial charge in [-0.3, -0.25) is 10.1 Å². The third kappa shape index (κ3) is 6.43. The van der Waals surface area contributed by atoms with Crippen LogP contribution in [0.25, 0.3) is 0 Å². The molecular weight excluding hydrogens is 196 g/mol. The molecule has 5 nitrogen and oxygen atoms in total. The second-order valence-electron chi connectivity index (χ2n) is 4.19. The van der Waals surface area contributed by atoms with Crippen LogP contribution in [-0.4, -0.2) is 49.5 Å². The zero-order valence-electron chi connectivity index (χ0n) is 9.96. The maximum absolute atomic E-state index is 11.5. The van der Waals surface area contributed by atoms with Crippen LogP contribution in [0, 0.1) is 0 Å². The van der Waals surface area contributed by atoms with Crippen LogP contribution in [0.5, 0.6) is 0 Å². The molecular formula is C10H22N2O3. The molecule has 0 aliphatic heterocycles. The number of amides is 1. The Balaban J connectivity index is 3.88. The van der Waals surface area contributed by atoms with Gasteiger partial charge in [-0.2, -0.15) is 0 Å². The summed E-state index contributed by atoms with van der Waals surface area (Å²) in [7, 11) is 1.59. The molecule has 0 aromatic rings. The lowest BCUT2D eigenvalue weighted by Gasteiger charge is -2.27. The first kappa shape index (κ1) is 14.3. The topological polar surface area (TPSA) is 70.6 Å². The third-order valence-corrected chi connectivity index (χ3v) is 2.00. The van der Waals surface area contributed by atoms with Gasteiger partial charge in [0.05, 0.1) is 19.3 Å². The molecule has 5 heteroatoms. The number of hydrogen-bond acceptors (Lipinski definition) is 4. The molecule has 0 radical (unpaired) electrons. The fourth-order valence-corrected chi connectivity index (χ4v) is 1.13. The number of nitrogens with one attached hydrogen (secondary N) is 2. The zero-order chi connectivity index (χ0) is 11.9. The molecule has 0 rings (SSSR count). The zero-order valence-corrected chi connectivity index (χ0v) is 9.96. The molecule has 0 spiro atoms. The van der Waals surface area contributed by atoms with Crippen LogP contribution in [0.2, 0.25) is 0 Å². The summed E-state index contributed by atoms with van der Waals surface area (Å²) in [5.41, 5.74) is -0.446. The molecule has 90 valence electrons. The maximum atomic E-state index is 11.5. The molecule has 0 aromatic carbocycles. The highest BCUT2D eigenvalue weighted by molar-refractivity contribution is 5.81. The van der Waals surface area contributed by atoms with Gasteiger partial charge in [-0.15, -0.1) is 0 Å². The third-order valence-electron chi connectivity index (χ3n) is 2.00. The van der Waals surface area contributed by atoms with Gasteiger partial charge in [0, 0.05) is 19.2 Å². The van der Waals surface area contributed by atoms with Gasteiger partial charge in [0.25, 0.3) is 0 Å². The number of carbonyl (C=O) groups excluding carboxylic acids is 1. The highest BCUT2D eigenvalue weighted by atomic mass is 16.5. The minimum absolute atomic E-state index is 0.0112. The first-order valence-corrected chi connectivity index (χ1v) is 5.08. The van der Waals surface area contributed by atoms with Crippen molar-refractivity contribution < 1.29 is 14.6 Å². The molecule has 0 saturated carbocycles. The van der Waals surface area contributed by atoms with Crippen LogP contribution in [0.1, 0.15) is 20.8 Å². The summed E-state index contributed by atoms with van der Waals surface area (Å²) in [6.07, 6.45) is 0. The van der Waals surface area contributed by atoms with E-state index < -0.39 is 5.54 Å². The minimum atomic E-state index is -0.446. The van der Waals surface area contributed by atoms with Crippen LogP contribution < -0.4 is 10.6 Å². The van der Waals surface area contributed by atoms with Gasteiger partial charge in [-0.25, -0.2) is 0 Å². The summed E-state index contributed by atoms with van der Waals surface area (Å²) in [6.45, 7) is 6.43. The van der Waals surface area contributed by atoms with Gasteiger partial charge in [0.15, 0.2) is 0 Å².